The first kappa shape index (κ1) is 10.1. The van der Waals surface area contributed by atoms with E-state index in [1.807, 2.05) is 18.2 Å². The molecule has 0 atom stereocenters. The van der Waals surface area contributed by atoms with Gasteiger partial charge in [-0.1, -0.05) is 0 Å². The molecule has 3 rings (SSSR count). The van der Waals surface area contributed by atoms with Crippen LogP contribution in [0.1, 0.15) is 5.82 Å². The number of nitrogens with zero attached hydrogens (tertiary/aromatic N) is 2. The molecule has 0 unspecified atom stereocenters. The molecular weight excluding hydrogens is 220 g/mol. The quantitative estimate of drug-likeness (QED) is 0.796. The molecule has 2 aromatic rings. The summed E-state index contributed by atoms with van der Waals surface area (Å²) in [6.45, 7) is 1.50. The first-order valence-electron chi connectivity index (χ1n) is 5.38. The number of aromatic nitrogens is 3. The molecule has 0 spiro atoms. The number of fused-ring (bicyclic) bond motifs is 1. The van der Waals surface area contributed by atoms with Crippen molar-refractivity contribution in [2.45, 2.75) is 6.54 Å². The Morgan fingerprint density at radius 1 is 1.24 bits per heavy atom. The third-order valence-electron chi connectivity index (χ3n) is 2.53. The van der Waals surface area contributed by atoms with Crippen molar-refractivity contribution in [2.24, 2.45) is 5.73 Å². The van der Waals surface area contributed by atoms with Crippen LogP contribution in [0.3, 0.4) is 0 Å². The Morgan fingerprint density at radius 2 is 2.06 bits per heavy atom. The van der Waals surface area contributed by atoms with Gasteiger partial charge in [0, 0.05) is 5.56 Å². The molecule has 6 nitrogen and oxygen atoms in total. The lowest BCUT2D eigenvalue weighted by molar-refractivity contribution is 0.171. The van der Waals surface area contributed by atoms with E-state index >= 15 is 0 Å². The van der Waals surface area contributed by atoms with Gasteiger partial charge in [-0.2, -0.15) is 5.10 Å². The van der Waals surface area contributed by atoms with Crippen molar-refractivity contribution in [1.29, 1.82) is 0 Å². The molecule has 1 aromatic carbocycles. The van der Waals surface area contributed by atoms with Crippen LogP contribution in [0.15, 0.2) is 18.2 Å². The van der Waals surface area contributed by atoms with E-state index in [0.29, 0.717) is 31.4 Å². The second-order valence-electron chi connectivity index (χ2n) is 3.67. The lowest BCUT2D eigenvalue weighted by atomic mass is 10.2. The van der Waals surface area contributed by atoms with E-state index in [2.05, 4.69) is 15.2 Å². The molecule has 2 heterocycles. The number of rotatable bonds is 2. The molecule has 0 aliphatic carbocycles. The normalized spacial score (nSPS) is 13.7. The van der Waals surface area contributed by atoms with E-state index in [1.165, 1.54) is 0 Å². The highest BCUT2D eigenvalue weighted by Crippen LogP contribution is 2.33. The maximum absolute atomic E-state index is 5.50. The first-order valence-corrected chi connectivity index (χ1v) is 5.38. The average Bonchev–Trinajstić information content (AvgIpc) is 2.87. The minimum Gasteiger partial charge on any atom is -0.486 e. The van der Waals surface area contributed by atoms with Crippen LogP contribution in [0, 0.1) is 0 Å². The lowest BCUT2D eigenvalue weighted by Gasteiger charge is -2.18. The minimum absolute atomic E-state index is 0.345. The number of H-pyrrole nitrogens is 1. The van der Waals surface area contributed by atoms with Gasteiger partial charge in [0.1, 0.15) is 19.0 Å². The fourth-order valence-electron chi connectivity index (χ4n) is 1.70. The summed E-state index contributed by atoms with van der Waals surface area (Å²) >= 11 is 0. The van der Waals surface area contributed by atoms with Gasteiger partial charge in [0.25, 0.3) is 0 Å². The Bertz CT molecular complexity index is 538. The van der Waals surface area contributed by atoms with Crippen LogP contribution in [0.25, 0.3) is 11.4 Å². The predicted molar refractivity (Wildman–Crippen MR) is 60.7 cm³/mol. The van der Waals surface area contributed by atoms with Crippen LogP contribution in [-0.4, -0.2) is 28.4 Å². The molecule has 17 heavy (non-hydrogen) atoms. The van der Waals surface area contributed by atoms with Gasteiger partial charge in [0.05, 0.1) is 6.54 Å². The van der Waals surface area contributed by atoms with E-state index in [-0.39, 0.29) is 0 Å². The van der Waals surface area contributed by atoms with Gasteiger partial charge < -0.3 is 15.2 Å². The molecule has 0 bridgehead atoms. The van der Waals surface area contributed by atoms with Gasteiger partial charge in [-0.3, -0.25) is 5.10 Å². The molecule has 3 N–H and O–H groups in total. The Morgan fingerprint density at radius 3 is 2.82 bits per heavy atom. The minimum atomic E-state index is 0.345. The van der Waals surface area contributed by atoms with Crippen molar-refractivity contribution in [3.8, 4) is 22.9 Å². The van der Waals surface area contributed by atoms with E-state index < -0.39 is 0 Å². The van der Waals surface area contributed by atoms with Crippen molar-refractivity contribution in [3.63, 3.8) is 0 Å². The Balaban J connectivity index is 1.97. The maximum Gasteiger partial charge on any atom is 0.181 e. The molecule has 0 amide bonds. The number of ether oxygens (including phenoxy) is 2. The number of nitrogens with one attached hydrogen (secondary N) is 1. The summed E-state index contributed by atoms with van der Waals surface area (Å²) in [4.78, 5) is 4.26. The number of aromatic amines is 1. The smallest absolute Gasteiger partial charge is 0.181 e. The molecule has 0 saturated carbocycles. The number of hydrogen-bond donors (Lipinski definition) is 2. The van der Waals surface area contributed by atoms with Gasteiger partial charge in [0.2, 0.25) is 0 Å². The van der Waals surface area contributed by atoms with Crippen LogP contribution < -0.4 is 15.2 Å². The third kappa shape index (κ3) is 1.83. The zero-order valence-corrected chi connectivity index (χ0v) is 9.14. The van der Waals surface area contributed by atoms with Crippen LogP contribution in [-0.2, 0) is 6.54 Å². The van der Waals surface area contributed by atoms with Crippen LogP contribution in [0.2, 0.25) is 0 Å². The summed E-state index contributed by atoms with van der Waals surface area (Å²) < 4.78 is 11.0. The lowest BCUT2D eigenvalue weighted by Crippen LogP contribution is -2.15. The second kappa shape index (κ2) is 4.06. The monoisotopic (exact) mass is 232 g/mol. The Hall–Kier alpha value is -2.08. The van der Waals surface area contributed by atoms with Gasteiger partial charge >= 0.3 is 0 Å². The third-order valence-corrected chi connectivity index (χ3v) is 2.53. The molecule has 1 aliphatic heterocycles. The molecular formula is C11H12N4O2. The van der Waals surface area contributed by atoms with E-state index in [1.54, 1.807) is 0 Å². The average molecular weight is 232 g/mol. The second-order valence-corrected chi connectivity index (χ2v) is 3.67. The zero-order chi connectivity index (χ0) is 11.7. The van der Waals surface area contributed by atoms with E-state index in [4.69, 9.17) is 15.2 Å². The summed E-state index contributed by atoms with van der Waals surface area (Å²) in [6, 6.07) is 5.64. The summed E-state index contributed by atoms with van der Waals surface area (Å²) in [5.74, 6) is 2.76. The topological polar surface area (TPSA) is 86.1 Å². The van der Waals surface area contributed by atoms with Crippen molar-refractivity contribution < 1.29 is 9.47 Å². The van der Waals surface area contributed by atoms with Gasteiger partial charge in [-0.05, 0) is 18.2 Å². The molecule has 0 fully saturated rings. The molecule has 0 saturated heterocycles. The van der Waals surface area contributed by atoms with Gasteiger partial charge in [0.15, 0.2) is 17.3 Å². The highest BCUT2D eigenvalue weighted by Gasteiger charge is 2.14. The molecule has 0 radical (unpaired) electrons. The van der Waals surface area contributed by atoms with Crippen molar-refractivity contribution in [2.75, 3.05) is 13.2 Å². The van der Waals surface area contributed by atoms with Gasteiger partial charge in [-0.15, -0.1) is 0 Å². The Labute approximate surface area is 97.8 Å². The highest BCUT2D eigenvalue weighted by atomic mass is 16.6. The van der Waals surface area contributed by atoms with Crippen LogP contribution in [0.5, 0.6) is 11.5 Å². The molecule has 6 heteroatoms. The predicted octanol–water partition coefficient (Wildman–Crippen LogP) is 0.702. The van der Waals surface area contributed by atoms with Crippen molar-refractivity contribution >= 4 is 0 Å². The SMILES string of the molecule is NCc1nc(-c2ccc3c(c2)OCCO3)n[nH]1. The molecule has 1 aliphatic rings. The fraction of sp³-hybridized carbons (Fsp3) is 0.273. The largest absolute Gasteiger partial charge is 0.486 e. The zero-order valence-electron chi connectivity index (χ0n) is 9.14. The van der Waals surface area contributed by atoms with Crippen LogP contribution >= 0.6 is 0 Å². The van der Waals surface area contributed by atoms with Crippen molar-refractivity contribution in [3.05, 3.63) is 24.0 Å². The van der Waals surface area contributed by atoms with Crippen LogP contribution in [0.4, 0.5) is 0 Å². The number of nitrogens with two attached hydrogens (primary N) is 1. The highest BCUT2D eigenvalue weighted by molar-refractivity contribution is 5.61. The summed E-state index contributed by atoms with van der Waals surface area (Å²) in [7, 11) is 0. The summed E-state index contributed by atoms with van der Waals surface area (Å²) in [5, 5.41) is 6.87. The van der Waals surface area contributed by atoms with E-state index in [9.17, 15) is 0 Å². The standard InChI is InChI=1S/C11H12N4O2/c12-6-10-13-11(15-14-10)7-1-2-8-9(5-7)17-4-3-16-8/h1-2,5H,3-4,6,12H2,(H,13,14,15). The first-order chi connectivity index (χ1) is 8.36. The van der Waals surface area contributed by atoms with E-state index in [0.717, 1.165) is 17.1 Å². The maximum atomic E-state index is 5.50. The fourth-order valence-corrected chi connectivity index (χ4v) is 1.70. The summed E-state index contributed by atoms with van der Waals surface area (Å²) in [5.41, 5.74) is 6.35. The molecule has 1 aromatic heterocycles. The summed E-state index contributed by atoms with van der Waals surface area (Å²) in [6.07, 6.45) is 0. The van der Waals surface area contributed by atoms with Crippen molar-refractivity contribution in [1.82, 2.24) is 15.2 Å². The number of hydrogen-bond acceptors (Lipinski definition) is 5. The van der Waals surface area contributed by atoms with Gasteiger partial charge in [-0.25, -0.2) is 4.98 Å². The Kier molecular flexibility index (Phi) is 2.41. The molecule has 88 valence electrons. The number of benzene rings is 1.